The van der Waals surface area contributed by atoms with Gasteiger partial charge in [0.15, 0.2) is 0 Å². The van der Waals surface area contributed by atoms with Crippen molar-refractivity contribution < 1.29 is 4.79 Å². The van der Waals surface area contributed by atoms with Crippen LogP contribution < -0.4 is 0 Å². The van der Waals surface area contributed by atoms with Crippen LogP contribution in [-0.2, 0) is 11.2 Å². The van der Waals surface area contributed by atoms with Crippen molar-refractivity contribution in [2.24, 2.45) is 0 Å². The molecule has 2 nitrogen and oxygen atoms in total. The third-order valence-corrected chi connectivity index (χ3v) is 3.76. The third-order valence-electron chi connectivity index (χ3n) is 3.03. The van der Waals surface area contributed by atoms with E-state index in [0.29, 0.717) is 16.5 Å². The summed E-state index contributed by atoms with van der Waals surface area (Å²) in [6, 6.07) is 9.15. The zero-order valence-electron chi connectivity index (χ0n) is 10.4. The number of nitrogens with zero attached hydrogens (tertiary/aromatic N) is 1. The largest absolute Gasteiger partial charge is 0.299 e. The monoisotopic (exact) mass is 293 g/mol. The second-order valence-electron chi connectivity index (χ2n) is 4.40. The first-order valence-electron chi connectivity index (χ1n) is 5.92. The van der Waals surface area contributed by atoms with Gasteiger partial charge in [-0.05, 0) is 48.7 Å². The molecule has 0 saturated carbocycles. The average Bonchev–Trinajstić information content (AvgIpc) is 2.40. The molecule has 19 heavy (non-hydrogen) atoms. The summed E-state index contributed by atoms with van der Waals surface area (Å²) >= 11 is 11.9. The van der Waals surface area contributed by atoms with Gasteiger partial charge in [0, 0.05) is 18.3 Å². The number of halogens is 2. The molecule has 1 heterocycles. The number of Topliss-reactive ketones (excluding diaryl/α,β-unsaturated/α-hetero) is 1. The molecule has 0 saturated heterocycles. The number of benzene rings is 1. The Hall–Kier alpha value is -1.38. The molecule has 0 spiro atoms. The summed E-state index contributed by atoms with van der Waals surface area (Å²) in [5.74, 6) is -0.104. The highest BCUT2D eigenvalue weighted by Crippen LogP contribution is 2.28. The van der Waals surface area contributed by atoms with Crippen LogP contribution in [0.3, 0.4) is 0 Å². The number of rotatable bonds is 4. The van der Waals surface area contributed by atoms with Gasteiger partial charge in [0.1, 0.15) is 5.78 Å². The molecule has 2 aromatic rings. The number of hydrogen-bond acceptors (Lipinski definition) is 2. The SMILES string of the molecule is CC(=O)C(Cc1ccncc1)c1ccc(Cl)c(Cl)c1. The second kappa shape index (κ2) is 6.18. The summed E-state index contributed by atoms with van der Waals surface area (Å²) in [6.07, 6.45) is 4.08. The molecular weight excluding hydrogens is 281 g/mol. The van der Waals surface area contributed by atoms with Gasteiger partial charge in [-0.1, -0.05) is 29.3 Å². The number of carbonyl (C=O) groups excluding carboxylic acids is 1. The van der Waals surface area contributed by atoms with E-state index in [0.717, 1.165) is 11.1 Å². The summed E-state index contributed by atoms with van der Waals surface area (Å²) in [4.78, 5) is 15.8. The van der Waals surface area contributed by atoms with Crippen molar-refractivity contribution in [3.63, 3.8) is 0 Å². The standard InChI is InChI=1S/C15H13Cl2NO/c1-10(19)13(8-11-4-6-18-7-5-11)12-2-3-14(16)15(17)9-12/h2-7,9,13H,8H2,1H3. The van der Waals surface area contributed by atoms with E-state index in [1.54, 1.807) is 31.5 Å². The number of aromatic nitrogens is 1. The maximum Gasteiger partial charge on any atom is 0.137 e. The van der Waals surface area contributed by atoms with Gasteiger partial charge in [-0.25, -0.2) is 0 Å². The van der Waals surface area contributed by atoms with Crippen LogP contribution in [0.1, 0.15) is 24.0 Å². The Morgan fingerprint density at radius 2 is 1.84 bits per heavy atom. The molecule has 1 unspecified atom stereocenters. The Morgan fingerprint density at radius 3 is 2.42 bits per heavy atom. The molecule has 1 aromatic heterocycles. The smallest absolute Gasteiger partial charge is 0.137 e. The molecule has 1 atom stereocenters. The maximum atomic E-state index is 11.9. The predicted molar refractivity (Wildman–Crippen MR) is 77.8 cm³/mol. The minimum Gasteiger partial charge on any atom is -0.299 e. The average molecular weight is 294 g/mol. The van der Waals surface area contributed by atoms with E-state index in [-0.39, 0.29) is 11.7 Å². The van der Waals surface area contributed by atoms with E-state index < -0.39 is 0 Å². The molecule has 0 aliphatic carbocycles. The van der Waals surface area contributed by atoms with E-state index in [1.165, 1.54) is 0 Å². The van der Waals surface area contributed by atoms with E-state index >= 15 is 0 Å². The summed E-state index contributed by atoms with van der Waals surface area (Å²) in [7, 11) is 0. The molecular formula is C15H13Cl2NO. The minimum absolute atomic E-state index is 0.107. The van der Waals surface area contributed by atoms with Crippen molar-refractivity contribution in [1.29, 1.82) is 0 Å². The summed E-state index contributed by atoms with van der Waals surface area (Å²) in [5, 5.41) is 0.969. The Kier molecular flexibility index (Phi) is 4.56. The normalized spacial score (nSPS) is 12.2. The van der Waals surface area contributed by atoms with Crippen molar-refractivity contribution in [1.82, 2.24) is 4.98 Å². The summed E-state index contributed by atoms with van der Waals surface area (Å²) < 4.78 is 0. The van der Waals surface area contributed by atoms with Crippen LogP contribution in [0.5, 0.6) is 0 Å². The van der Waals surface area contributed by atoms with Crippen LogP contribution in [-0.4, -0.2) is 10.8 Å². The van der Waals surface area contributed by atoms with Gasteiger partial charge in [-0.15, -0.1) is 0 Å². The minimum atomic E-state index is -0.211. The number of ketones is 1. The first-order valence-corrected chi connectivity index (χ1v) is 6.68. The van der Waals surface area contributed by atoms with Crippen molar-refractivity contribution in [2.45, 2.75) is 19.3 Å². The quantitative estimate of drug-likeness (QED) is 0.841. The molecule has 0 amide bonds. The van der Waals surface area contributed by atoms with Crippen LogP contribution in [0.25, 0.3) is 0 Å². The first-order chi connectivity index (χ1) is 9.08. The fourth-order valence-electron chi connectivity index (χ4n) is 1.98. The number of pyridine rings is 1. The maximum absolute atomic E-state index is 11.9. The van der Waals surface area contributed by atoms with Crippen LogP contribution in [0.4, 0.5) is 0 Å². The molecule has 1 aromatic carbocycles. The van der Waals surface area contributed by atoms with Crippen LogP contribution >= 0.6 is 23.2 Å². The predicted octanol–water partition coefficient (Wildman–Crippen LogP) is 4.30. The third kappa shape index (κ3) is 3.55. The van der Waals surface area contributed by atoms with Crippen molar-refractivity contribution >= 4 is 29.0 Å². The van der Waals surface area contributed by atoms with Gasteiger partial charge >= 0.3 is 0 Å². The van der Waals surface area contributed by atoms with Crippen molar-refractivity contribution in [2.75, 3.05) is 0 Å². The van der Waals surface area contributed by atoms with Crippen molar-refractivity contribution in [3.05, 3.63) is 63.9 Å². The Balaban J connectivity index is 2.30. The molecule has 0 fully saturated rings. The van der Waals surface area contributed by atoms with E-state index in [1.807, 2.05) is 18.2 Å². The number of carbonyl (C=O) groups is 1. The molecule has 0 aliphatic heterocycles. The van der Waals surface area contributed by atoms with Crippen molar-refractivity contribution in [3.8, 4) is 0 Å². The van der Waals surface area contributed by atoms with Gasteiger partial charge in [0.25, 0.3) is 0 Å². The molecule has 0 radical (unpaired) electrons. The zero-order valence-corrected chi connectivity index (χ0v) is 11.9. The van der Waals surface area contributed by atoms with Crippen LogP contribution in [0, 0.1) is 0 Å². The summed E-state index contributed by atoms with van der Waals surface area (Å²) in [5.41, 5.74) is 1.96. The van der Waals surface area contributed by atoms with Crippen LogP contribution in [0.15, 0.2) is 42.7 Å². The lowest BCUT2D eigenvalue weighted by atomic mass is 9.89. The molecule has 0 bridgehead atoms. The van der Waals surface area contributed by atoms with E-state index in [4.69, 9.17) is 23.2 Å². The topological polar surface area (TPSA) is 30.0 Å². The molecule has 0 N–H and O–H groups in total. The summed E-state index contributed by atoms with van der Waals surface area (Å²) in [6.45, 7) is 1.59. The highest BCUT2D eigenvalue weighted by molar-refractivity contribution is 6.42. The Morgan fingerprint density at radius 1 is 1.16 bits per heavy atom. The highest BCUT2D eigenvalue weighted by Gasteiger charge is 2.18. The Labute approximate surface area is 122 Å². The Bertz CT molecular complexity index is 584. The zero-order chi connectivity index (χ0) is 13.8. The van der Waals surface area contributed by atoms with E-state index in [9.17, 15) is 4.79 Å². The lowest BCUT2D eigenvalue weighted by molar-refractivity contribution is -0.118. The second-order valence-corrected chi connectivity index (χ2v) is 5.21. The lowest BCUT2D eigenvalue weighted by Gasteiger charge is -2.15. The number of hydrogen-bond donors (Lipinski definition) is 0. The lowest BCUT2D eigenvalue weighted by Crippen LogP contribution is -2.12. The highest BCUT2D eigenvalue weighted by atomic mass is 35.5. The molecule has 0 aliphatic rings. The van der Waals surface area contributed by atoms with E-state index in [2.05, 4.69) is 4.98 Å². The van der Waals surface area contributed by atoms with Gasteiger partial charge in [0.05, 0.1) is 10.0 Å². The fraction of sp³-hybridized carbons (Fsp3) is 0.200. The van der Waals surface area contributed by atoms with Crippen LogP contribution in [0.2, 0.25) is 10.0 Å². The molecule has 2 rings (SSSR count). The molecule has 4 heteroatoms. The fourth-order valence-corrected chi connectivity index (χ4v) is 2.29. The molecule has 98 valence electrons. The van der Waals surface area contributed by atoms with Gasteiger partial charge in [0.2, 0.25) is 0 Å². The van der Waals surface area contributed by atoms with Gasteiger partial charge in [-0.2, -0.15) is 0 Å². The first kappa shape index (κ1) is 14.0. The van der Waals surface area contributed by atoms with Gasteiger partial charge in [-0.3, -0.25) is 9.78 Å². The van der Waals surface area contributed by atoms with Gasteiger partial charge < -0.3 is 0 Å².